The van der Waals surface area contributed by atoms with Gasteiger partial charge in [-0.3, -0.25) is 9.69 Å². The molecule has 0 rings (SSSR count). The van der Waals surface area contributed by atoms with E-state index in [1.54, 1.807) is 6.92 Å². The second-order valence-corrected chi connectivity index (χ2v) is 4.09. The van der Waals surface area contributed by atoms with Crippen molar-refractivity contribution in [3.05, 3.63) is 0 Å². The summed E-state index contributed by atoms with van der Waals surface area (Å²) in [5, 5.41) is 8.66. The van der Waals surface area contributed by atoms with Crippen LogP contribution in [0.15, 0.2) is 0 Å². The monoisotopic (exact) mass is 191 g/mol. The topological polar surface area (TPSA) is 40.5 Å². The molecule has 1 unspecified atom stereocenters. The molecule has 0 aromatic rings. The highest BCUT2D eigenvalue weighted by atomic mass is 32.2. The van der Waals surface area contributed by atoms with Crippen LogP contribution in [0.3, 0.4) is 0 Å². The fraction of sp³-hybridized carbons (Fsp3) is 0.875. The van der Waals surface area contributed by atoms with Gasteiger partial charge < -0.3 is 5.11 Å². The van der Waals surface area contributed by atoms with Gasteiger partial charge in [-0.2, -0.15) is 11.8 Å². The maximum atomic E-state index is 10.5. The lowest BCUT2D eigenvalue weighted by Crippen LogP contribution is -2.37. The lowest BCUT2D eigenvalue weighted by Gasteiger charge is -2.20. The van der Waals surface area contributed by atoms with Crippen LogP contribution >= 0.6 is 11.8 Å². The van der Waals surface area contributed by atoms with Gasteiger partial charge in [0.05, 0.1) is 0 Å². The van der Waals surface area contributed by atoms with Crippen LogP contribution in [0.5, 0.6) is 0 Å². The van der Waals surface area contributed by atoms with Gasteiger partial charge in [0, 0.05) is 12.3 Å². The van der Waals surface area contributed by atoms with Crippen molar-refractivity contribution in [1.82, 2.24) is 4.90 Å². The lowest BCUT2D eigenvalue weighted by atomic mass is 10.3. The van der Waals surface area contributed by atoms with Crippen molar-refractivity contribution in [2.24, 2.45) is 0 Å². The summed E-state index contributed by atoms with van der Waals surface area (Å²) in [5.41, 5.74) is 0. The van der Waals surface area contributed by atoms with Gasteiger partial charge in [0.2, 0.25) is 0 Å². The van der Waals surface area contributed by atoms with Crippen LogP contribution in [-0.4, -0.2) is 47.1 Å². The van der Waals surface area contributed by atoms with E-state index in [0.717, 1.165) is 18.1 Å². The molecule has 0 saturated carbocycles. The third-order valence-corrected chi connectivity index (χ3v) is 2.69. The quantitative estimate of drug-likeness (QED) is 0.639. The molecule has 3 nitrogen and oxygen atoms in total. The maximum absolute atomic E-state index is 10.5. The fourth-order valence-corrected chi connectivity index (χ4v) is 1.44. The van der Waals surface area contributed by atoms with Crippen molar-refractivity contribution in [3.8, 4) is 0 Å². The minimum atomic E-state index is -0.751. The summed E-state index contributed by atoms with van der Waals surface area (Å²) in [5.74, 6) is 1.35. The molecular weight excluding hydrogens is 174 g/mol. The average Bonchev–Trinajstić information content (AvgIpc) is 2.03. The van der Waals surface area contributed by atoms with Gasteiger partial charge in [-0.1, -0.05) is 6.92 Å². The summed E-state index contributed by atoms with van der Waals surface area (Å²) >= 11 is 1.83. The van der Waals surface area contributed by atoms with Gasteiger partial charge in [0.15, 0.2) is 0 Å². The van der Waals surface area contributed by atoms with E-state index < -0.39 is 5.97 Å². The van der Waals surface area contributed by atoms with Gasteiger partial charge in [-0.15, -0.1) is 0 Å². The Labute approximate surface area is 78.1 Å². The fourth-order valence-electron chi connectivity index (χ4n) is 0.735. The Morgan fingerprint density at radius 1 is 1.67 bits per heavy atom. The number of nitrogens with zero attached hydrogens (tertiary/aromatic N) is 1. The number of thioether (sulfide) groups is 1. The van der Waals surface area contributed by atoms with Gasteiger partial charge in [-0.25, -0.2) is 0 Å². The molecule has 72 valence electrons. The summed E-state index contributed by atoms with van der Waals surface area (Å²) in [6, 6.07) is -0.373. The van der Waals surface area contributed by atoms with Crippen LogP contribution in [0.4, 0.5) is 0 Å². The van der Waals surface area contributed by atoms with E-state index in [1.165, 1.54) is 0 Å². The molecule has 0 aromatic carbocycles. The number of carboxylic acid groups (broad SMARTS) is 1. The van der Waals surface area contributed by atoms with Crippen molar-refractivity contribution >= 4 is 17.7 Å². The molecule has 0 bridgehead atoms. The standard InChI is InChI=1S/C8H17NO2S/c1-4-12-6-5-9(3)7(2)8(10)11/h7H,4-6H2,1-3H3,(H,10,11). The minimum Gasteiger partial charge on any atom is -0.480 e. The number of rotatable bonds is 6. The molecule has 0 radical (unpaired) electrons. The third-order valence-electron chi connectivity index (χ3n) is 1.81. The highest BCUT2D eigenvalue weighted by Gasteiger charge is 2.15. The second kappa shape index (κ2) is 6.31. The van der Waals surface area contributed by atoms with Gasteiger partial charge in [-0.05, 0) is 19.7 Å². The molecule has 0 heterocycles. The number of aliphatic carboxylic acids is 1. The zero-order chi connectivity index (χ0) is 9.56. The van der Waals surface area contributed by atoms with E-state index in [2.05, 4.69) is 6.92 Å². The third kappa shape index (κ3) is 4.62. The largest absolute Gasteiger partial charge is 0.480 e. The highest BCUT2D eigenvalue weighted by molar-refractivity contribution is 7.99. The number of likely N-dealkylation sites (N-methyl/N-ethyl adjacent to an activating group) is 1. The Balaban J connectivity index is 3.56. The molecule has 0 fully saturated rings. The highest BCUT2D eigenvalue weighted by Crippen LogP contribution is 2.01. The Bertz CT molecular complexity index is 141. The summed E-state index contributed by atoms with van der Waals surface area (Å²) in [4.78, 5) is 12.4. The van der Waals surface area contributed by atoms with Crippen LogP contribution in [-0.2, 0) is 4.79 Å². The summed E-state index contributed by atoms with van der Waals surface area (Å²) < 4.78 is 0. The van der Waals surface area contributed by atoms with Crippen molar-refractivity contribution in [2.45, 2.75) is 19.9 Å². The first kappa shape index (κ1) is 11.8. The van der Waals surface area contributed by atoms with Crippen LogP contribution in [0.2, 0.25) is 0 Å². The van der Waals surface area contributed by atoms with Crippen molar-refractivity contribution in [1.29, 1.82) is 0 Å². The molecule has 0 amide bonds. The van der Waals surface area contributed by atoms with Gasteiger partial charge in [0.1, 0.15) is 6.04 Å². The first-order valence-corrected chi connectivity index (χ1v) is 5.25. The van der Waals surface area contributed by atoms with Crippen LogP contribution in [0.1, 0.15) is 13.8 Å². The normalized spacial score (nSPS) is 13.3. The summed E-state index contributed by atoms with van der Waals surface area (Å²) in [6.45, 7) is 4.65. The molecule has 0 saturated heterocycles. The van der Waals surface area contributed by atoms with E-state index in [0.29, 0.717) is 0 Å². The molecule has 0 aliphatic carbocycles. The van der Waals surface area contributed by atoms with E-state index in [1.807, 2.05) is 23.7 Å². The van der Waals surface area contributed by atoms with E-state index in [-0.39, 0.29) is 6.04 Å². The van der Waals surface area contributed by atoms with Gasteiger partial charge in [0.25, 0.3) is 0 Å². The van der Waals surface area contributed by atoms with E-state index >= 15 is 0 Å². The molecule has 1 N–H and O–H groups in total. The molecule has 0 aromatic heterocycles. The number of hydrogen-bond donors (Lipinski definition) is 1. The van der Waals surface area contributed by atoms with Crippen LogP contribution in [0, 0.1) is 0 Å². The molecule has 0 aliphatic rings. The average molecular weight is 191 g/mol. The van der Waals surface area contributed by atoms with Crippen molar-refractivity contribution in [3.63, 3.8) is 0 Å². The Morgan fingerprint density at radius 2 is 2.25 bits per heavy atom. The molecule has 1 atom stereocenters. The van der Waals surface area contributed by atoms with Crippen LogP contribution in [0.25, 0.3) is 0 Å². The predicted molar refractivity (Wildman–Crippen MR) is 52.7 cm³/mol. The van der Waals surface area contributed by atoms with Crippen molar-refractivity contribution in [2.75, 3.05) is 25.1 Å². The first-order valence-electron chi connectivity index (χ1n) is 4.10. The smallest absolute Gasteiger partial charge is 0.320 e. The first-order chi connectivity index (χ1) is 5.59. The number of hydrogen-bond acceptors (Lipinski definition) is 3. The zero-order valence-corrected chi connectivity index (χ0v) is 8.73. The molecule has 12 heavy (non-hydrogen) atoms. The van der Waals surface area contributed by atoms with Gasteiger partial charge >= 0.3 is 5.97 Å². The van der Waals surface area contributed by atoms with Crippen molar-refractivity contribution < 1.29 is 9.90 Å². The minimum absolute atomic E-state index is 0.373. The summed E-state index contributed by atoms with van der Waals surface area (Å²) in [7, 11) is 1.84. The zero-order valence-electron chi connectivity index (χ0n) is 7.91. The maximum Gasteiger partial charge on any atom is 0.320 e. The number of carboxylic acids is 1. The predicted octanol–water partition coefficient (Wildman–Crippen LogP) is 1.14. The molecule has 4 heteroatoms. The summed E-state index contributed by atoms with van der Waals surface area (Å²) in [6.07, 6.45) is 0. The molecule has 0 aliphatic heterocycles. The Hall–Kier alpha value is -0.220. The molecular formula is C8H17NO2S. The van der Waals surface area contributed by atoms with Crippen LogP contribution < -0.4 is 0 Å². The second-order valence-electron chi connectivity index (χ2n) is 2.69. The SMILES string of the molecule is CCSCCN(C)C(C)C(=O)O. The van der Waals surface area contributed by atoms with E-state index in [9.17, 15) is 4.79 Å². The Morgan fingerprint density at radius 3 is 2.67 bits per heavy atom. The number of carbonyl (C=O) groups is 1. The Kier molecular flexibility index (Phi) is 6.20. The lowest BCUT2D eigenvalue weighted by molar-refractivity contribution is -0.141. The molecule has 0 spiro atoms. The van der Waals surface area contributed by atoms with E-state index in [4.69, 9.17) is 5.11 Å².